The molecule has 2 aromatic carbocycles. The number of methoxy groups -OCH3 is 1. The summed E-state index contributed by atoms with van der Waals surface area (Å²) >= 11 is 7.08. The molecule has 178 valence electrons. The summed E-state index contributed by atoms with van der Waals surface area (Å²) in [5.41, 5.74) is 1.74. The fourth-order valence-corrected chi connectivity index (χ4v) is 4.08. The molecule has 11 heteroatoms. The van der Waals surface area contributed by atoms with Crippen molar-refractivity contribution in [1.29, 1.82) is 0 Å². The molecule has 0 atom stereocenters. The quantitative estimate of drug-likeness (QED) is 0.334. The summed E-state index contributed by atoms with van der Waals surface area (Å²) in [6.45, 7) is 1.84. The number of nitrogens with zero attached hydrogens (tertiary/aromatic N) is 4. The Kier molecular flexibility index (Phi) is 7.64. The second-order valence-corrected chi connectivity index (χ2v) is 8.68. The topological polar surface area (TPSA) is 111 Å². The van der Waals surface area contributed by atoms with Crippen LogP contribution in [0.25, 0.3) is 5.69 Å². The fraction of sp³-hybridized carbons (Fsp3) is 0.125. The number of hydrogen-bond donors (Lipinski definition) is 2. The Morgan fingerprint density at radius 3 is 2.57 bits per heavy atom. The summed E-state index contributed by atoms with van der Waals surface area (Å²) in [7, 11) is 1.61. The van der Waals surface area contributed by atoms with Crippen LogP contribution in [0.1, 0.15) is 16.2 Å². The number of ether oxygens (including phenoxy) is 1. The van der Waals surface area contributed by atoms with E-state index in [4.69, 9.17) is 16.3 Å². The lowest BCUT2D eigenvalue weighted by Gasteiger charge is -2.10. The summed E-state index contributed by atoms with van der Waals surface area (Å²) in [6, 6.07) is 17.4. The van der Waals surface area contributed by atoms with Crippen LogP contribution in [0.3, 0.4) is 0 Å². The van der Waals surface area contributed by atoms with Gasteiger partial charge in [0.25, 0.3) is 5.91 Å². The van der Waals surface area contributed by atoms with E-state index in [9.17, 15) is 9.59 Å². The average molecular weight is 509 g/mol. The first-order valence-electron chi connectivity index (χ1n) is 10.4. The van der Waals surface area contributed by atoms with Crippen molar-refractivity contribution in [1.82, 2.24) is 19.7 Å². The molecule has 0 aliphatic carbocycles. The summed E-state index contributed by atoms with van der Waals surface area (Å²) in [6.07, 6.45) is 1.45. The number of anilines is 2. The van der Waals surface area contributed by atoms with Crippen molar-refractivity contribution in [3.8, 4) is 11.4 Å². The number of nitrogens with one attached hydrogen (secondary N) is 2. The highest BCUT2D eigenvalue weighted by Crippen LogP contribution is 2.24. The van der Waals surface area contributed by atoms with Crippen LogP contribution in [0.15, 0.2) is 72.0 Å². The van der Waals surface area contributed by atoms with Crippen LogP contribution in [-0.4, -0.2) is 44.4 Å². The lowest BCUT2D eigenvalue weighted by Crippen LogP contribution is -2.16. The summed E-state index contributed by atoms with van der Waals surface area (Å²) in [5.74, 6) is 1.34. The van der Waals surface area contributed by atoms with Gasteiger partial charge in [0, 0.05) is 23.1 Å². The van der Waals surface area contributed by atoms with Gasteiger partial charge >= 0.3 is 0 Å². The molecule has 0 radical (unpaired) electrons. The molecule has 2 N–H and O–H groups in total. The number of carbonyl (C=O) groups is 2. The van der Waals surface area contributed by atoms with Gasteiger partial charge in [-0.2, -0.15) is 0 Å². The second-order valence-electron chi connectivity index (χ2n) is 7.30. The van der Waals surface area contributed by atoms with E-state index >= 15 is 0 Å². The van der Waals surface area contributed by atoms with Crippen molar-refractivity contribution >= 4 is 46.7 Å². The number of thioether (sulfide) groups is 1. The molecule has 9 nitrogen and oxygen atoms in total. The van der Waals surface area contributed by atoms with Crippen LogP contribution in [0, 0.1) is 6.92 Å². The van der Waals surface area contributed by atoms with Crippen LogP contribution in [-0.2, 0) is 4.79 Å². The van der Waals surface area contributed by atoms with Crippen LogP contribution >= 0.6 is 23.4 Å². The molecule has 2 heterocycles. The molecule has 2 amide bonds. The first-order chi connectivity index (χ1) is 16.9. The van der Waals surface area contributed by atoms with Gasteiger partial charge in [-0.15, -0.1) is 10.2 Å². The van der Waals surface area contributed by atoms with Crippen LogP contribution in [0.5, 0.6) is 5.75 Å². The minimum atomic E-state index is -0.353. The molecule has 0 fully saturated rings. The minimum absolute atomic E-state index is 0.111. The third-order valence-electron chi connectivity index (χ3n) is 4.84. The maximum absolute atomic E-state index is 12.6. The Hall–Kier alpha value is -3.89. The van der Waals surface area contributed by atoms with E-state index in [2.05, 4.69) is 25.8 Å². The van der Waals surface area contributed by atoms with E-state index in [1.54, 1.807) is 43.5 Å². The highest BCUT2D eigenvalue weighted by molar-refractivity contribution is 7.99. The van der Waals surface area contributed by atoms with Gasteiger partial charge < -0.3 is 15.4 Å². The van der Waals surface area contributed by atoms with Crippen molar-refractivity contribution in [2.75, 3.05) is 23.5 Å². The van der Waals surface area contributed by atoms with Gasteiger partial charge in [-0.1, -0.05) is 29.4 Å². The number of aryl methyl sites for hydroxylation is 1. The monoisotopic (exact) mass is 508 g/mol. The molecular formula is C24H21ClN6O3S. The standard InChI is InChI=1S/C24H21ClN6O3S/c1-15-29-30-24(31(15)19-7-9-20(34-2)10-8-19)35-14-22(32)27-18-5-3-4-16(12-18)23(33)28-21-11-6-17(25)13-26-21/h3-13H,14H2,1-2H3,(H,27,32)(H,26,28,33). The molecule has 4 aromatic rings. The van der Waals surface area contributed by atoms with Crippen LogP contribution in [0.4, 0.5) is 11.5 Å². The first-order valence-corrected chi connectivity index (χ1v) is 11.8. The number of pyridine rings is 1. The molecule has 4 rings (SSSR count). The van der Waals surface area contributed by atoms with Gasteiger partial charge in [0.2, 0.25) is 5.91 Å². The van der Waals surface area contributed by atoms with Gasteiger partial charge in [0.15, 0.2) is 5.16 Å². The van der Waals surface area contributed by atoms with E-state index in [1.165, 1.54) is 18.0 Å². The molecule has 0 spiro atoms. The van der Waals surface area contributed by atoms with Crippen molar-refractivity contribution in [3.05, 3.63) is 83.3 Å². The Bertz CT molecular complexity index is 1340. The van der Waals surface area contributed by atoms with Gasteiger partial charge in [0.1, 0.15) is 17.4 Å². The zero-order valence-corrected chi connectivity index (χ0v) is 20.4. The van der Waals surface area contributed by atoms with Gasteiger partial charge in [0.05, 0.1) is 17.9 Å². The Labute approximate surface area is 210 Å². The molecular weight excluding hydrogens is 488 g/mol. The number of amides is 2. The minimum Gasteiger partial charge on any atom is -0.497 e. The van der Waals surface area contributed by atoms with Crippen molar-refractivity contribution in [2.45, 2.75) is 12.1 Å². The summed E-state index contributed by atoms with van der Waals surface area (Å²) < 4.78 is 7.08. The fourth-order valence-electron chi connectivity index (χ4n) is 3.17. The van der Waals surface area contributed by atoms with E-state index in [-0.39, 0.29) is 17.6 Å². The first kappa shape index (κ1) is 24.2. The molecule has 0 saturated heterocycles. The lowest BCUT2D eigenvalue weighted by molar-refractivity contribution is -0.113. The molecule has 35 heavy (non-hydrogen) atoms. The van der Waals surface area contributed by atoms with Crippen LogP contribution < -0.4 is 15.4 Å². The normalized spacial score (nSPS) is 10.6. The Morgan fingerprint density at radius 1 is 1.06 bits per heavy atom. The highest BCUT2D eigenvalue weighted by atomic mass is 35.5. The lowest BCUT2D eigenvalue weighted by atomic mass is 10.2. The second kappa shape index (κ2) is 11.0. The Balaban J connectivity index is 1.38. The number of hydrogen-bond acceptors (Lipinski definition) is 7. The van der Waals surface area contributed by atoms with Crippen molar-refractivity contribution in [3.63, 3.8) is 0 Å². The highest BCUT2D eigenvalue weighted by Gasteiger charge is 2.14. The predicted molar refractivity (Wildman–Crippen MR) is 136 cm³/mol. The summed E-state index contributed by atoms with van der Waals surface area (Å²) in [4.78, 5) is 29.2. The van der Waals surface area contributed by atoms with Crippen molar-refractivity contribution in [2.24, 2.45) is 0 Å². The zero-order valence-electron chi connectivity index (χ0n) is 18.9. The largest absolute Gasteiger partial charge is 0.497 e. The maximum Gasteiger partial charge on any atom is 0.256 e. The molecule has 0 bridgehead atoms. The van der Waals surface area contributed by atoms with E-state index < -0.39 is 0 Å². The number of benzene rings is 2. The van der Waals surface area contributed by atoms with E-state index in [1.807, 2.05) is 35.8 Å². The molecule has 0 aliphatic heterocycles. The van der Waals surface area contributed by atoms with E-state index in [0.717, 1.165) is 11.4 Å². The maximum atomic E-state index is 12.6. The van der Waals surface area contributed by atoms with E-state index in [0.29, 0.717) is 33.1 Å². The molecule has 0 saturated carbocycles. The predicted octanol–water partition coefficient (Wildman–Crippen LogP) is 4.62. The smallest absolute Gasteiger partial charge is 0.256 e. The van der Waals surface area contributed by atoms with Crippen molar-refractivity contribution < 1.29 is 14.3 Å². The van der Waals surface area contributed by atoms with Gasteiger partial charge in [-0.05, 0) is 61.5 Å². The summed E-state index contributed by atoms with van der Waals surface area (Å²) in [5, 5.41) is 14.9. The molecule has 0 aliphatic rings. The number of aromatic nitrogens is 4. The third kappa shape index (κ3) is 6.17. The Morgan fingerprint density at radius 2 is 1.86 bits per heavy atom. The SMILES string of the molecule is COc1ccc(-n2c(C)nnc2SCC(=O)Nc2cccc(C(=O)Nc3ccc(Cl)cn3)c2)cc1. The number of rotatable bonds is 8. The average Bonchev–Trinajstić information content (AvgIpc) is 3.24. The number of carbonyl (C=O) groups excluding carboxylic acids is 2. The molecule has 2 aromatic heterocycles. The van der Waals surface area contributed by atoms with Crippen LogP contribution in [0.2, 0.25) is 5.02 Å². The number of halogens is 1. The van der Waals surface area contributed by atoms with Gasteiger partial charge in [-0.3, -0.25) is 14.2 Å². The van der Waals surface area contributed by atoms with Gasteiger partial charge in [-0.25, -0.2) is 4.98 Å². The third-order valence-corrected chi connectivity index (χ3v) is 5.99. The zero-order chi connectivity index (χ0) is 24.8. The molecule has 0 unspecified atom stereocenters.